The summed E-state index contributed by atoms with van der Waals surface area (Å²) >= 11 is 0. The van der Waals surface area contributed by atoms with Gasteiger partial charge in [-0.25, -0.2) is 35.1 Å². The van der Waals surface area contributed by atoms with E-state index in [0.717, 1.165) is 114 Å². The summed E-state index contributed by atoms with van der Waals surface area (Å²) in [4.78, 5) is 59.0. The first kappa shape index (κ1) is 87.7. The summed E-state index contributed by atoms with van der Waals surface area (Å²) in [5.41, 5.74) is -0.183. The third-order valence-corrected chi connectivity index (χ3v) is 19.3. The van der Waals surface area contributed by atoms with Crippen LogP contribution in [0.1, 0.15) is 111 Å². The maximum Gasteiger partial charge on any atom is 0.269 e. The Hall–Kier alpha value is -8.93. The number of hydrogen-bond acceptors (Lipinski definition) is 12. The normalized spacial score (nSPS) is 15.3. The minimum absolute atomic E-state index is 0.0216. The molecule has 0 radical (unpaired) electrons. The molecule has 21 heteroatoms. The average molecular weight is 1470 g/mol. The largest absolute Gasteiger partial charge is 0.382 e. The molecule has 0 bridgehead atoms. The minimum atomic E-state index is -3.16. The number of hydrogen-bond donors (Lipinski definition) is 8. The molecular formula is C85H100F8N4O9. The van der Waals surface area contributed by atoms with Crippen molar-refractivity contribution in [1.82, 2.24) is 21.3 Å². The van der Waals surface area contributed by atoms with Crippen molar-refractivity contribution >= 4 is 29.0 Å². The summed E-state index contributed by atoms with van der Waals surface area (Å²) in [6.45, 7) is 12.2. The highest BCUT2D eigenvalue weighted by Gasteiger charge is 2.54. The van der Waals surface area contributed by atoms with Crippen molar-refractivity contribution in [2.45, 2.75) is 185 Å². The van der Waals surface area contributed by atoms with Gasteiger partial charge in [0.15, 0.2) is 17.3 Å². The molecule has 0 saturated carbocycles. The summed E-state index contributed by atoms with van der Waals surface area (Å²) in [7, 11) is 0. The van der Waals surface area contributed by atoms with Crippen LogP contribution in [0.4, 0.5) is 35.1 Å². The molecule has 0 heterocycles. The zero-order valence-corrected chi connectivity index (χ0v) is 61.7. The number of aryl methyl sites for hydroxylation is 3. The van der Waals surface area contributed by atoms with Gasteiger partial charge < -0.3 is 41.7 Å². The predicted molar refractivity (Wildman–Crippen MR) is 402 cm³/mol. The van der Waals surface area contributed by atoms with Crippen molar-refractivity contribution in [3.05, 3.63) is 241 Å². The number of rotatable bonds is 34. The predicted octanol–water partition coefficient (Wildman–Crippen LogP) is 15.3. The van der Waals surface area contributed by atoms with Gasteiger partial charge in [0.25, 0.3) is 25.7 Å². The molecule has 0 aliphatic heterocycles. The van der Waals surface area contributed by atoms with Crippen LogP contribution >= 0.6 is 0 Å². The molecule has 8 N–H and O–H groups in total. The van der Waals surface area contributed by atoms with Crippen LogP contribution in [0.5, 0.6) is 0 Å². The highest BCUT2D eigenvalue weighted by molar-refractivity contribution is 5.89. The molecular weight excluding hydrogens is 1370 g/mol. The first-order valence-corrected chi connectivity index (χ1v) is 35.1. The molecule has 0 aliphatic rings. The number of ketones is 4. The zero-order valence-electron chi connectivity index (χ0n) is 61.7. The Balaban J connectivity index is 0.000000254. The van der Waals surface area contributed by atoms with E-state index in [-0.39, 0.29) is 6.42 Å². The van der Waals surface area contributed by atoms with Crippen LogP contribution < -0.4 is 21.3 Å². The van der Waals surface area contributed by atoms with Crippen LogP contribution in [0, 0.1) is 0 Å². The van der Waals surface area contributed by atoms with Crippen LogP contribution in [0.25, 0.3) is 44.5 Å². The van der Waals surface area contributed by atoms with Gasteiger partial charge >= 0.3 is 0 Å². The molecule has 0 fully saturated rings. The van der Waals surface area contributed by atoms with E-state index in [0.29, 0.717) is 45.3 Å². The van der Waals surface area contributed by atoms with Gasteiger partial charge in [0.05, 0.1) is 0 Å². The molecule has 0 spiro atoms. The van der Waals surface area contributed by atoms with Gasteiger partial charge in [-0.15, -0.1) is 0 Å². The fourth-order valence-electron chi connectivity index (χ4n) is 11.5. The lowest BCUT2D eigenvalue weighted by Crippen LogP contribution is -2.67. The van der Waals surface area contributed by atoms with E-state index >= 15 is 0 Å². The topological polar surface area (TPSA) is 214 Å². The fourth-order valence-corrected chi connectivity index (χ4v) is 11.5. The van der Waals surface area contributed by atoms with E-state index in [4.69, 9.17) is 0 Å². The third-order valence-electron chi connectivity index (χ3n) is 19.3. The molecule has 8 aromatic rings. The molecule has 0 aromatic heterocycles. The molecule has 4 unspecified atom stereocenters. The molecule has 1 amide bonds. The number of aliphatic hydroxyl groups is 4. The highest BCUT2D eigenvalue weighted by Crippen LogP contribution is 2.33. The second-order valence-corrected chi connectivity index (χ2v) is 27.5. The SMILES string of the molecule is CC(=O)C(C)(NCCCc1ccc(-c2ccccc2)cc1)C(C)(O)C(F)F.CC(=O)C(C)(NCCc1ccc(-c2ccccc2)cc1)C(C)(O)C(F)F.CC(=O)[C@@H](NC(=O)CCc1ccc(-c2ccccc2)cc1)[C@](C)(O)C(F)F.CC(=O)[C@@H](NCCCc1ccc(-c2ccccc2)cc1)[C@](C)(O)C(F)F. The maximum absolute atomic E-state index is 13.2. The Morgan fingerprint density at radius 1 is 0.330 bits per heavy atom. The van der Waals surface area contributed by atoms with Crippen LogP contribution in [-0.2, 0) is 49.7 Å². The smallest absolute Gasteiger partial charge is 0.269 e. The number of benzene rings is 8. The van der Waals surface area contributed by atoms with Crippen molar-refractivity contribution in [2.24, 2.45) is 0 Å². The summed E-state index contributed by atoms with van der Waals surface area (Å²) in [5, 5.41) is 50.5. The Labute approximate surface area is 617 Å². The lowest BCUT2D eigenvalue weighted by molar-refractivity contribution is -0.157. The Kier molecular flexibility index (Phi) is 33.7. The number of alkyl halides is 8. The first-order chi connectivity index (χ1) is 49.9. The standard InChI is InChI=1S/C22H27F2NO2.C21H23F2NO3.2C21H25F2NO2/c1-16(26)21(2,22(3,27)20(23)24)25-15-7-8-17-11-13-19(14-12-17)18-9-5-4-6-10-18;1-14(25)19(21(2,27)20(22)23)24-18(26)13-10-15-8-11-17(12-9-15)16-6-4-3-5-7-16;1-15(25)20(2,21(3,26)19(22)23)24-14-13-16-9-11-18(12-10-16)17-7-5-4-6-8-17;1-15(25)19(21(2,26)20(22)23)24-14-6-7-16-10-12-18(13-11-16)17-8-4-3-5-9-17/h4-6,9-14,20,25,27H,7-8,15H2,1-3H3;3-9,11-12,19-20,27H,10,13H2,1-2H3,(H,24,26);4-12,19,24,26H,13-14H2,1-3H3;3-5,8-13,19-20,24,26H,6-7,14H2,1-2H3/t;19-,21+;;19-,21+/m.1.1/s1. The van der Waals surface area contributed by atoms with Crippen LogP contribution in [0.15, 0.2) is 218 Å². The highest BCUT2D eigenvalue weighted by atomic mass is 19.3. The number of carbonyl (C=O) groups is 5. The van der Waals surface area contributed by atoms with Gasteiger partial charge in [0, 0.05) is 13.0 Å². The molecule has 8 aromatic carbocycles. The fraction of sp³-hybridized carbons (Fsp3) is 0.376. The Bertz CT molecular complexity index is 3990. The van der Waals surface area contributed by atoms with Crippen molar-refractivity contribution in [3.8, 4) is 44.5 Å². The molecule has 0 aliphatic carbocycles. The van der Waals surface area contributed by atoms with Crippen LogP contribution in [-0.4, -0.2) is 140 Å². The quantitative estimate of drug-likeness (QED) is 0.0140. The number of Topliss-reactive ketones (excluding diaryl/α,β-unsaturated/α-hetero) is 4. The lowest BCUT2D eigenvalue weighted by atomic mass is 9.79. The zero-order chi connectivity index (χ0) is 78.6. The lowest BCUT2D eigenvalue weighted by Gasteiger charge is -2.41. The second kappa shape index (κ2) is 40.7. The van der Waals surface area contributed by atoms with Crippen LogP contribution in [0.3, 0.4) is 0 Å². The summed E-state index contributed by atoms with van der Waals surface area (Å²) in [6.07, 6.45) is -8.41. The number of carbonyl (C=O) groups excluding carboxylic acids is 5. The summed E-state index contributed by atoms with van der Waals surface area (Å²) < 4.78 is 104. The van der Waals surface area contributed by atoms with Gasteiger partial charge in [-0.1, -0.05) is 218 Å². The maximum atomic E-state index is 13.2. The second-order valence-electron chi connectivity index (χ2n) is 27.5. The van der Waals surface area contributed by atoms with Gasteiger partial charge in [-0.2, -0.15) is 0 Å². The third kappa shape index (κ3) is 24.8. The molecule has 13 nitrogen and oxygen atoms in total. The van der Waals surface area contributed by atoms with Gasteiger partial charge in [0.2, 0.25) is 5.91 Å². The van der Waals surface area contributed by atoms with E-state index in [1.807, 2.05) is 170 Å². The summed E-state index contributed by atoms with van der Waals surface area (Å²) in [6, 6.07) is 69.1. The number of amides is 1. The minimum Gasteiger partial charge on any atom is -0.382 e. The number of halogens is 8. The Morgan fingerprint density at radius 2 is 0.594 bits per heavy atom. The van der Waals surface area contributed by atoms with Crippen LogP contribution in [0.2, 0.25) is 0 Å². The van der Waals surface area contributed by atoms with E-state index in [2.05, 4.69) is 69.8 Å². The number of nitrogens with one attached hydrogen (secondary N) is 4. The first-order valence-electron chi connectivity index (χ1n) is 35.1. The van der Waals surface area contributed by atoms with Gasteiger partial charge in [0.1, 0.15) is 51.3 Å². The monoisotopic (exact) mass is 1470 g/mol. The van der Waals surface area contributed by atoms with Gasteiger partial charge in [-0.3, -0.25) is 24.0 Å². The molecule has 0 saturated heterocycles. The average Bonchev–Trinajstić information content (AvgIpc) is 0.719. The van der Waals surface area contributed by atoms with E-state index in [1.165, 1.54) is 34.6 Å². The van der Waals surface area contributed by atoms with E-state index in [1.54, 1.807) is 0 Å². The van der Waals surface area contributed by atoms with Crippen molar-refractivity contribution in [2.75, 3.05) is 19.6 Å². The molecule has 570 valence electrons. The van der Waals surface area contributed by atoms with E-state index < -0.39 is 100 Å². The molecule has 106 heavy (non-hydrogen) atoms. The molecule has 8 rings (SSSR count). The van der Waals surface area contributed by atoms with E-state index in [9.17, 15) is 79.5 Å². The Morgan fingerprint density at radius 3 is 0.877 bits per heavy atom. The van der Waals surface area contributed by atoms with Crippen molar-refractivity contribution < 1.29 is 79.5 Å². The summed E-state index contributed by atoms with van der Waals surface area (Å²) in [5.74, 6) is -2.83. The van der Waals surface area contributed by atoms with Crippen molar-refractivity contribution in [3.63, 3.8) is 0 Å². The van der Waals surface area contributed by atoms with Crippen molar-refractivity contribution in [1.29, 1.82) is 0 Å². The van der Waals surface area contributed by atoms with Gasteiger partial charge in [-0.05, 0) is 188 Å². The molecule has 8 atom stereocenters.